The normalized spacial score (nSPS) is 15.8. The zero-order chi connectivity index (χ0) is 22.5. The van der Waals surface area contributed by atoms with Crippen molar-refractivity contribution in [2.75, 3.05) is 30.8 Å². The van der Waals surface area contributed by atoms with Gasteiger partial charge in [0.2, 0.25) is 5.01 Å². The summed E-state index contributed by atoms with van der Waals surface area (Å²) in [4.78, 5) is 27.1. The summed E-state index contributed by atoms with van der Waals surface area (Å²) in [6.07, 6.45) is 1.77. The topological polar surface area (TPSA) is 96.4 Å². The highest BCUT2D eigenvalue weighted by atomic mass is 32.1. The Bertz CT molecular complexity index is 1100. The number of urea groups is 1. The van der Waals surface area contributed by atoms with Gasteiger partial charge in [0, 0.05) is 30.4 Å². The molecule has 1 aromatic heterocycles. The molecule has 0 bridgehead atoms. The maximum Gasteiger partial charge on any atom is 0.321 e. The summed E-state index contributed by atoms with van der Waals surface area (Å²) in [7, 11) is 1.60. The average Bonchev–Trinajstić information content (AvgIpc) is 3.32. The largest absolute Gasteiger partial charge is 0.497 e. The van der Waals surface area contributed by atoms with Crippen molar-refractivity contribution in [1.82, 2.24) is 15.1 Å². The molecule has 2 heterocycles. The van der Waals surface area contributed by atoms with Crippen LogP contribution in [0.15, 0.2) is 48.5 Å². The van der Waals surface area contributed by atoms with Gasteiger partial charge in [0.25, 0.3) is 5.91 Å². The lowest BCUT2D eigenvalue weighted by Crippen LogP contribution is -2.41. The number of amides is 3. The molecular weight excluding hydrogens is 426 g/mol. The van der Waals surface area contributed by atoms with Crippen molar-refractivity contribution in [3.05, 3.63) is 64.1 Å². The molecule has 166 valence electrons. The van der Waals surface area contributed by atoms with E-state index in [-0.39, 0.29) is 17.9 Å². The smallest absolute Gasteiger partial charge is 0.321 e. The Morgan fingerprint density at radius 3 is 2.62 bits per heavy atom. The number of rotatable bonds is 5. The molecule has 32 heavy (non-hydrogen) atoms. The Morgan fingerprint density at radius 2 is 1.88 bits per heavy atom. The number of para-hydroxylation sites is 1. The fourth-order valence-corrected chi connectivity index (χ4v) is 4.48. The number of nitrogens with one attached hydrogen (secondary N) is 2. The van der Waals surface area contributed by atoms with E-state index >= 15 is 0 Å². The van der Waals surface area contributed by atoms with E-state index in [4.69, 9.17) is 4.74 Å². The number of piperidine rings is 1. The zero-order valence-corrected chi connectivity index (χ0v) is 18.8. The van der Waals surface area contributed by atoms with E-state index in [1.165, 1.54) is 11.3 Å². The van der Waals surface area contributed by atoms with Crippen molar-refractivity contribution < 1.29 is 14.3 Å². The van der Waals surface area contributed by atoms with Crippen molar-refractivity contribution in [3.63, 3.8) is 0 Å². The summed E-state index contributed by atoms with van der Waals surface area (Å²) in [5.74, 6) is 0.524. The molecule has 0 radical (unpaired) electrons. The third-order valence-corrected chi connectivity index (χ3v) is 6.51. The molecule has 4 rings (SSSR count). The summed E-state index contributed by atoms with van der Waals surface area (Å²) in [6.45, 7) is 3.16. The van der Waals surface area contributed by atoms with Gasteiger partial charge < -0.3 is 20.3 Å². The highest BCUT2D eigenvalue weighted by Crippen LogP contribution is 2.30. The number of aryl methyl sites for hydroxylation is 1. The molecule has 1 saturated heterocycles. The molecule has 9 heteroatoms. The van der Waals surface area contributed by atoms with E-state index in [9.17, 15) is 9.59 Å². The molecule has 1 fully saturated rings. The van der Waals surface area contributed by atoms with Crippen LogP contribution in [0.1, 0.15) is 39.1 Å². The summed E-state index contributed by atoms with van der Waals surface area (Å²) < 4.78 is 5.15. The zero-order valence-electron chi connectivity index (χ0n) is 18.0. The molecule has 0 spiro atoms. The molecule has 3 amide bonds. The first-order chi connectivity index (χ1) is 15.5. The van der Waals surface area contributed by atoms with E-state index in [0.717, 1.165) is 34.8 Å². The second kappa shape index (κ2) is 9.78. The lowest BCUT2D eigenvalue weighted by molar-refractivity contribution is 0.102. The quantitative estimate of drug-likeness (QED) is 0.595. The van der Waals surface area contributed by atoms with Crippen molar-refractivity contribution in [2.24, 2.45) is 0 Å². The third kappa shape index (κ3) is 5.05. The maximum absolute atomic E-state index is 12.7. The number of hydrogen-bond acceptors (Lipinski definition) is 6. The molecule has 2 N–H and O–H groups in total. The number of hydrogen-bond donors (Lipinski definition) is 2. The molecule has 8 nitrogen and oxygen atoms in total. The van der Waals surface area contributed by atoms with Crippen LogP contribution in [0.25, 0.3) is 0 Å². The molecule has 3 aromatic rings. The summed E-state index contributed by atoms with van der Waals surface area (Å²) in [5, 5.41) is 15.3. The first-order valence-corrected chi connectivity index (χ1v) is 11.3. The molecular formula is C23H25N5O3S. The minimum absolute atomic E-state index is 0.0582. The molecule has 1 aliphatic heterocycles. The first-order valence-electron chi connectivity index (χ1n) is 10.4. The second-order valence-corrected chi connectivity index (χ2v) is 8.67. The standard InChI is InChI=1S/C23H25N5O3S/c1-15-6-3-4-8-19(15)25-20(29)22-27-26-21(32-22)16-7-5-13-28(14-16)23(30)24-17-9-11-18(31-2)12-10-17/h3-4,6,8-12,16H,5,7,13-14H2,1-2H3,(H,24,30)(H,25,29). The van der Waals surface area contributed by atoms with Crippen molar-refractivity contribution in [3.8, 4) is 5.75 Å². The number of ether oxygens (including phenoxy) is 1. The Kier molecular flexibility index (Phi) is 6.65. The van der Waals surface area contributed by atoms with Gasteiger partial charge in [0.05, 0.1) is 7.11 Å². The number of aromatic nitrogens is 2. The van der Waals surface area contributed by atoms with E-state index in [1.807, 2.05) is 43.3 Å². The van der Waals surface area contributed by atoms with Gasteiger partial charge in [-0.2, -0.15) is 0 Å². The summed E-state index contributed by atoms with van der Waals surface area (Å²) in [5.41, 5.74) is 2.45. The average molecular weight is 452 g/mol. The molecule has 2 aromatic carbocycles. The number of anilines is 2. The number of likely N-dealkylation sites (tertiary alicyclic amines) is 1. The van der Waals surface area contributed by atoms with Gasteiger partial charge in [0.1, 0.15) is 10.8 Å². The number of nitrogens with zero attached hydrogens (tertiary/aromatic N) is 3. The minimum atomic E-state index is -0.270. The van der Waals surface area contributed by atoms with Gasteiger partial charge >= 0.3 is 6.03 Å². The Labute approximate surface area is 190 Å². The minimum Gasteiger partial charge on any atom is -0.497 e. The van der Waals surface area contributed by atoms with Crippen LogP contribution in [-0.2, 0) is 0 Å². The van der Waals surface area contributed by atoms with Gasteiger partial charge in [-0.3, -0.25) is 4.79 Å². The summed E-state index contributed by atoms with van der Waals surface area (Å²) in [6, 6.07) is 14.7. The SMILES string of the molecule is COc1ccc(NC(=O)N2CCCC(c3nnc(C(=O)Nc4ccccc4C)s3)C2)cc1. The fourth-order valence-electron chi connectivity index (χ4n) is 3.62. The first kappa shape index (κ1) is 21.8. The van der Waals surface area contributed by atoms with Gasteiger partial charge in [0.15, 0.2) is 0 Å². The number of carbonyl (C=O) groups excluding carboxylic acids is 2. The summed E-state index contributed by atoms with van der Waals surface area (Å²) >= 11 is 1.29. The monoisotopic (exact) mass is 451 g/mol. The van der Waals surface area contributed by atoms with Crippen LogP contribution in [0.3, 0.4) is 0 Å². The predicted octanol–water partition coefficient (Wildman–Crippen LogP) is 4.52. The van der Waals surface area contributed by atoms with E-state index in [2.05, 4.69) is 20.8 Å². The van der Waals surface area contributed by atoms with Crippen LogP contribution < -0.4 is 15.4 Å². The third-order valence-electron chi connectivity index (χ3n) is 5.43. The molecule has 1 atom stereocenters. The van der Waals surface area contributed by atoms with Gasteiger partial charge in [-0.05, 0) is 55.7 Å². The van der Waals surface area contributed by atoms with Crippen molar-refractivity contribution >= 4 is 34.6 Å². The lowest BCUT2D eigenvalue weighted by atomic mass is 9.99. The van der Waals surface area contributed by atoms with Crippen molar-refractivity contribution in [1.29, 1.82) is 0 Å². The molecule has 0 aliphatic carbocycles. The Morgan fingerprint density at radius 1 is 1.09 bits per heavy atom. The van der Waals surface area contributed by atoms with E-state index < -0.39 is 0 Å². The van der Waals surface area contributed by atoms with E-state index in [0.29, 0.717) is 23.8 Å². The number of benzene rings is 2. The highest BCUT2D eigenvalue weighted by molar-refractivity contribution is 7.13. The number of methoxy groups -OCH3 is 1. The fraction of sp³-hybridized carbons (Fsp3) is 0.304. The predicted molar refractivity (Wildman–Crippen MR) is 125 cm³/mol. The van der Waals surface area contributed by atoms with Crippen LogP contribution in [0.5, 0.6) is 5.75 Å². The van der Waals surface area contributed by atoms with Crippen LogP contribution in [-0.4, -0.2) is 47.2 Å². The number of carbonyl (C=O) groups is 2. The Balaban J connectivity index is 1.38. The highest BCUT2D eigenvalue weighted by Gasteiger charge is 2.28. The van der Waals surface area contributed by atoms with E-state index in [1.54, 1.807) is 24.1 Å². The Hall–Kier alpha value is -3.46. The van der Waals surface area contributed by atoms with Crippen LogP contribution in [0.4, 0.5) is 16.2 Å². The van der Waals surface area contributed by atoms with Crippen LogP contribution in [0, 0.1) is 6.92 Å². The molecule has 1 unspecified atom stereocenters. The van der Waals surface area contributed by atoms with Crippen LogP contribution >= 0.6 is 11.3 Å². The lowest BCUT2D eigenvalue weighted by Gasteiger charge is -2.31. The molecule has 0 saturated carbocycles. The van der Waals surface area contributed by atoms with Gasteiger partial charge in [-0.15, -0.1) is 10.2 Å². The van der Waals surface area contributed by atoms with Crippen molar-refractivity contribution in [2.45, 2.75) is 25.7 Å². The second-order valence-electron chi connectivity index (χ2n) is 7.66. The van der Waals surface area contributed by atoms with Crippen LogP contribution in [0.2, 0.25) is 0 Å². The van der Waals surface area contributed by atoms with Gasteiger partial charge in [-0.1, -0.05) is 29.5 Å². The van der Waals surface area contributed by atoms with Gasteiger partial charge in [-0.25, -0.2) is 4.79 Å². The maximum atomic E-state index is 12.7. The molecule has 1 aliphatic rings.